The average molecular weight is 235 g/mol. The summed E-state index contributed by atoms with van der Waals surface area (Å²) in [7, 11) is 0. The molecule has 1 heterocycles. The highest BCUT2D eigenvalue weighted by Gasteiger charge is 2.17. The van der Waals surface area contributed by atoms with Crippen LogP contribution >= 0.6 is 0 Å². The minimum absolute atomic E-state index is 0.715. The van der Waals surface area contributed by atoms with Crippen molar-refractivity contribution in [3.8, 4) is 0 Å². The lowest BCUT2D eigenvalue weighted by Crippen LogP contribution is -2.32. The van der Waals surface area contributed by atoms with E-state index < -0.39 is 0 Å². The molecule has 1 aliphatic rings. The third kappa shape index (κ3) is 3.32. The van der Waals surface area contributed by atoms with Crippen molar-refractivity contribution in [3.63, 3.8) is 0 Å². The first-order chi connectivity index (χ1) is 8.19. The van der Waals surface area contributed by atoms with Gasteiger partial charge in [0.15, 0.2) is 0 Å². The normalized spacial score (nSPS) is 25.1. The van der Waals surface area contributed by atoms with Gasteiger partial charge in [-0.2, -0.15) is 5.10 Å². The van der Waals surface area contributed by atoms with Crippen molar-refractivity contribution < 1.29 is 0 Å². The van der Waals surface area contributed by atoms with Crippen LogP contribution in [0, 0.1) is 12.8 Å². The van der Waals surface area contributed by atoms with Crippen LogP contribution < -0.4 is 5.32 Å². The molecule has 1 N–H and O–H groups in total. The van der Waals surface area contributed by atoms with E-state index in [9.17, 15) is 0 Å². The predicted molar refractivity (Wildman–Crippen MR) is 70.9 cm³/mol. The highest BCUT2D eigenvalue weighted by molar-refractivity contribution is 5.08. The number of rotatable bonds is 4. The minimum Gasteiger partial charge on any atom is -0.308 e. The van der Waals surface area contributed by atoms with Crippen LogP contribution in [0.2, 0.25) is 0 Å². The van der Waals surface area contributed by atoms with Gasteiger partial charge in [0.05, 0.1) is 11.4 Å². The summed E-state index contributed by atoms with van der Waals surface area (Å²) in [5.74, 6) is 0.927. The van der Waals surface area contributed by atoms with Crippen molar-refractivity contribution in [1.82, 2.24) is 15.1 Å². The molecule has 3 heteroatoms. The van der Waals surface area contributed by atoms with Crippen molar-refractivity contribution >= 4 is 0 Å². The molecule has 0 unspecified atom stereocenters. The number of nitrogens with zero attached hydrogens (tertiary/aromatic N) is 2. The molecule has 0 radical (unpaired) electrons. The molecule has 0 amide bonds. The van der Waals surface area contributed by atoms with Crippen LogP contribution in [0.15, 0.2) is 6.07 Å². The van der Waals surface area contributed by atoms with Crippen LogP contribution in [0.1, 0.15) is 50.9 Å². The minimum atomic E-state index is 0.715. The maximum atomic E-state index is 4.48. The van der Waals surface area contributed by atoms with Gasteiger partial charge >= 0.3 is 0 Å². The van der Waals surface area contributed by atoms with Gasteiger partial charge in [-0.25, -0.2) is 0 Å². The fraction of sp³-hybridized carbons (Fsp3) is 0.786. The second-order valence-electron chi connectivity index (χ2n) is 5.43. The SMILES string of the molecule is CCn1nc(C)cc1CNC1CCC(C)CC1. The summed E-state index contributed by atoms with van der Waals surface area (Å²) in [5, 5.41) is 8.17. The third-order valence-electron chi connectivity index (χ3n) is 3.87. The topological polar surface area (TPSA) is 29.9 Å². The second kappa shape index (κ2) is 5.67. The molecule has 1 aliphatic carbocycles. The highest BCUT2D eigenvalue weighted by atomic mass is 15.3. The summed E-state index contributed by atoms with van der Waals surface area (Å²) in [6, 6.07) is 2.91. The lowest BCUT2D eigenvalue weighted by Gasteiger charge is -2.27. The summed E-state index contributed by atoms with van der Waals surface area (Å²) in [6.07, 6.45) is 5.42. The van der Waals surface area contributed by atoms with Crippen molar-refractivity contribution in [2.45, 2.75) is 65.6 Å². The number of aromatic nitrogens is 2. The fourth-order valence-electron chi connectivity index (χ4n) is 2.73. The lowest BCUT2D eigenvalue weighted by molar-refractivity contribution is 0.304. The molecule has 3 nitrogen and oxygen atoms in total. The Labute approximate surface area is 105 Å². The van der Waals surface area contributed by atoms with E-state index in [4.69, 9.17) is 0 Å². The molecule has 2 rings (SSSR count). The predicted octanol–water partition coefficient (Wildman–Crippen LogP) is 2.88. The van der Waals surface area contributed by atoms with Crippen molar-refractivity contribution in [2.75, 3.05) is 0 Å². The third-order valence-corrected chi connectivity index (χ3v) is 3.87. The van der Waals surface area contributed by atoms with Gasteiger partial charge in [0.1, 0.15) is 0 Å². The lowest BCUT2D eigenvalue weighted by atomic mass is 9.87. The van der Waals surface area contributed by atoms with Gasteiger partial charge in [0.2, 0.25) is 0 Å². The van der Waals surface area contributed by atoms with Crippen molar-refractivity contribution in [2.24, 2.45) is 5.92 Å². The first-order valence-electron chi connectivity index (χ1n) is 6.95. The van der Waals surface area contributed by atoms with Crippen LogP contribution in [0.5, 0.6) is 0 Å². The number of hydrogen-bond donors (Lipinski definition) is 1. The van der Waals surface area contributed by atoms with Crippen molar-refractivity contribution in [3.05, 3.63) is 17.5 Å². The quantitative estimate of drug-likeness (QED) is 0.869. The molecule has 0 spiro atoms. The van der Waals surface area contributed by atoms with E-state index in [1.165, 1.54) is 31.4 Å². The molecular weight excluding hydrogens is 210 g/mol. The Morgan fingerprint density at radius 1 is 1.35 bits per heavy atom. The standard InChI is InChI=1S/C14H25N3/c1-4-17-14(9-12(3)16-17)10-15-13-7-5-11(2)6-8-13/h9,11,13,15H,4-8,10H2,1-3H3. The maximum absolute atomic E-state index is 4.48. The van der Waals surface area contributed by atoms with Gasteiger partial charge in [0.25, 0.3) is 0 Å². The van der Waals surface area contributed by atoms with E-state index in [1.807, 2.05) is 0 Å². The number of nitrogens with one attached hydrogen (secondary N) is 1. The zero-order chi connectivity index (χ0) is 12.3. The van der Waals surface area contributed by atoms with Gasteiger partial charge in [-0.05, 0) is 51.5 Å². The number of hydrogen-bond acceptors (Lipinski definition) is 2. The molecular formula is C14H25N3. The van der Waals surface area contributed by atoms with Gasteiger partial charge < -0.3 is 5.32 Å². The van der Waals surface area contributed by atoms with E-state index >= 15 is 0 Å². The summed E-state index contributed by atoms with van der Waals surface area (Å²) in [6.45, 7) is 8.52. The van der Waals surface area contributed by atoms with E-state index in [1.54, 1.807) is 0 Å². The Balaban J connectivity index is 1.85. The molecule has 1 aromatic rings. The molecule has 1 saturated carbocycles. The Morgan fingerprint density at radius 2 is 2.06 bits per heavy atom. The summed E-state index contributed by atoms with van der Waals surface area (Å²) in [4.78, 5) is 0. The Hall–Kier alpha value is -0.830. The molecule has 1 fully saturated rings. The van der Waals surface area contributed by atoms with E-state index in [-0.39, 0.29) is 0 Å². The van der Waals surface area contributed by atoms with Gasteiger partial charge in [0, 0.05) is 19.1 Å². The summed E-state index contributed by atoms with van der Waals surface area (Å²) < 4.78 is 2.10. The monoisotopic (exact) mass is 235 g/mol. The Kier molecular flexibility index (Phi) is 4.21. The van der Waals surface area contributed by atoms with E-state index in [2.05, 4.69) is 41.9 Å². The molecule has 96 valence electrons. The summed E-state index contributed by atoms with van der Waals surface area (Å²) >= 11 is 0. The van der Waals surface area contributed by atoms with Crippen LogP contribution in [0.4, 0.5) is 0 Å². The smallest absolute Gasteiger partial charge is 0.0597 e. The Morgan fingerprint density at radius 3 is 2.71 bits per heavy atom. The highest BCUT2D eigenvalue weighted by Crippen LogP contribution is 2.23. The van der Waals surface area contributed by atoms with E-state index in [0.29, 0.717) is 6.04 Å². The molecule has 0 bridgehead atoms. The van der Waals surface area contributed by atoms with Gasteiger partial charge in [-0.3, -0.25) is 4.68 Å². The fourth-order valence-corrected chi connectivity index (χ4v) is 2.73. The zero-order valence-electron chi connectivity index (χ0n) is 11.4. The molecule has 0 saturated heterocycles. The average Bonchev–Trinajstić information content (AvgIpc) is 2.69. The Bertz CT molecular complexity index is 348. The van der Waals surface area contributed by atoms with Crippen LogP contribution in [-0.4, -0.2) is 15.8 Å². The second-order valence-corrected chi connectivity index (χ2v) is 5.43. The molecule has 1 aromatic heterocycles. The summed E-state index contributed by atoms with van der Waals surface area (Å²) in [5.41, 5.74) is 2.45. The molecule has 0 atom stereocenters. The molecule has 0 aromatic carbocycles. The van der Waals surface area contributed by atoms with Crippen LogP contribution in [-0.2, 0) is 13.1 Å². The molecule has 17 heavy (non-hydrogen) atoms. The van der Waals surface area contributed by atoms with Gasteiger partial charge in [-0.15, -0.1) is 0 Å². The van der Waals surface area contributed by atoms with Crippen molar-refractivity contribution in [1.29, 1.82) is 0 Å². The number of aryl methyl sites for hydroxylation is 2. The van der Waals surface area contributed by atoms with E-state index in [0.717, 1.165) is 24.7 Å². The largest absolute Gasteiger partial charge is 0.308 e. The maximum Gasteiger partial charge on any atom is 0.0597 e. The van der Waals surface area contributed by atoms with Crippen LogP contribution in [0.25, 0.3) is 0 Å². The first-order valence-corrected chi connectivity index (χ1v) is 6.95. The first kappa shape index (κ1) is 12.6. The van der Waals surface area contributed by atoms with Gasteiger partial charge in [-0.1, -0.05) is 6.92 Å². The molecule has 0 aliphatic heterocycles. The zero-order valence-corrected chi connectivity index (χ0v) is 11.4. The van der Waals surface area contributed by atoms with Crippen LogP contribution in [0.3, 0.4) is 0 Å².